The first kappa shape index (κ1) is 24.3. The summed E-state index contributed by atoms with van der Waals surface area (Å²) in [5.41, 5.74) is 5.97. The van der Waals surface area contributed by atoms with E-state index in [1.165, 1.54) is 17.3 Å². The van der Waals surface area contributed by atoms with Gasteiger partial charge in [0.2, 0.25) is 5.91 Å². The van der Waals surface area contributed by atoms with E-state index in [1.807, 2.05) is 66.7 Å². The molecule has 0 saturated carbocycles. The van der Waals surface area contributed by atoms with Crippen LogP contribution in [0.1, 0.15) is 31.9 Å². The van der Waals surface area contributed by atoms with E-state index in [1.54, 1.807) is 0 Å². The van der Waals surface area contributed by atoms with Crippen molar-refractivity contribution in [2.45, 2.75) is 31.2 Å². The van der Waals surface area contributed by atoms with Crippen LogP contribution in [-0.2, 0) is 10.2 Å². The fraction of sp³-hybridized carbons (Fsp3) is 0.167. The van der Waals surface area contributed by atoms with E-state index in [0.717, 1.165) is 28.1 Å². The molecule has 1 N–H and O–H groups in total. The molecule has 174 valence electrons. The Kier molecular flexibility index (Phi) is 7.33. The van der Waals surface area contributed by atoms with Crippen molar-refractivity contribution in [2.75, 3.05) is 11.1 Å². The first-order valence-electron chi connectivity index (χ1n) is 11.4. The molecule has 5 heteroatoms. The molecule has 1 heterocycles. The zero-order valence-electron chi connectivity index (χ0n) is 20.1. The molecule has 0 radical (unpaired) electrons. The minimum absolute atomic E-state index is 0.0388. The Morgan fingerprint density at radius 3 is 2.14 bits per heavy atom. The molecule has 4 nitrogen and oxygen atoms in total. The number of anilines is 1. The number of nitrogens with zero attached hydrogens (tertiary/aromatic N) is 2. The molecular weight excluding hydrogens is 450 g/mol. The van der Waals surface area contributed by atoms with Gasteiger partial charge in [0.15, 0.2) is 0 Å². The summed E-state index contributed by atoms with van der Waals surface area (Å²) in [6, 6.07) is 31.9. The van der Waals surface area contributed by atoms with Crippen molar-refractivity contribution >= 4 is 23.4 Å². The lowest BCUT2D eigenvalue weighted by Crippen LogP contribution is -2.14. The zero-order valence-corrected chi connectivity index (χ0v) is 20.9. The van der Waals surface area contributed by atoms with Crippen LogP contribution in [0, 0.1) is 11.3 Å². The third-order valence-corrected chi connectivity index (χ3v) is 6.60. The Balaban J connectivity index is 1.71. The lowest BCUT2D eigenvalue weighted by Gasteiger charge is -2.19. The van der Waals surface area contributed by atoms with Crippen LogP contribution in [0.4, 0.5) is 5.69 Å². The highest BCUT2D eigenvalue weighted by Crippen LogP contribution is 2.35. The number of carbonyl (C=O) groups is 1. The lowest BCUT2D eigenvalue weighted by molar-refractivity contribution is -0.113. The number of nitrogens with one attached hydrogen (secondary N) is 1. The average Bonchev–Trinajstić information content (AvgIpc) is 2.87. The second kappa shape index (κ2) is 10.6. The number of benzene rings is 3. The highest BCUT2D eigenvalue weighted by molar-refractivity contribution is 8.00. The Morgan fingerprint density at radius 1 is 0.914 bits per heavy atom. The fourth-order valence-electron chi connectivity index (χ4n) is 3.72. The molecule has 0 bridgehead atoms. The minimum Gasteiger partial charge on any atom is -0.325 e. The van der Waals surface area contributed by atoms with E-state index in [0.29, 0.717) is 10.6 Å². The van der Waals surface area contributed by atoms with Crippen molar-refractivity contribution < 1.29 is 4.79 Å². The van der Waals surface area contributed by atoms with Crippen LogP contribution in [-0.4, -0.2) is 16.6 Å². The van der Waals surface area contributed by atoms with E-state index < -0.39 is 0 Å². The van der Waals surface area contributed by atoms with Crippen molar-refractivity contribution in [3.63, 3.8) is 0 Å². The van der Waals surface area contributed by atoms with Gasteiger partial charge in [0.1, 0.15) is 11.1 Å². The predicted molar refractivity (Wildman–Crippen MR) is 144 cm³/mol. The minimum atomic E-state index is -0.145. The number of hydrogen-bond donors (Lipinski definition) is 1. The molecule has 4 rings (SSSR count). The van der Waals surface area contributed by atoms with Gasteiger partial charge in [-0.05, 0) is 34.7 Å². The largest absolute Gasteiger partial charge is 0.325 e. The molecule has 1 amide bonds. The topological polar surface area (TPSA) is 65.8 Å². The van der Waals surface area contributed by atoms with Crippen molar-refractivity contribution in [3.8, 4) is 28.5 Å². The van der Waals surface area contributed by atoms with Gasteiger partial charge in [-0.1, -0.05) is 105 Å². The van der Waals surface area contributed by atoms with Crippen molar-refractivity contribution in [1.29, 1.82) is 5.26 Å². The van der Waals surface area contributed by atoms with Crippen LogP contribution >= 0.6 is 11.8 Å². The summed E-state index contributed by atoms with van der Waals surface area (Å²) in [5, 5.41) is 13.5. The highest BCUT2D eigenvalue weighted by Gasteiger charge is 2.18. The number of thioether (sulfide) groups is 1. The van der Waals surface area contributed by atoms with Gasteiger partial charge in [-0.15, -0.1) is 0 Å². The maximum absolute atomic E-state index is 12.6. The summed E-state index contributed by atoms with van der Waals surface area (Å²) >= 11 is 1.28. The first-order chi connectivity index (χ1) is 16.8. The number of nitriles is 1. The van der Waals surface area contributed by atoms with Gasteiger partial charge in [0, 0.05) is 16.8 Å². The number of aromatic nitrogens is 1. The van der Waals surface area contributed by atoms with E-state index in [-0.39, 0.29) is 17.1 Å². The van der Waals surface area contributed by atoms with Gasteiger partial charge < -0.3 is 5.32 Å². The summed E-state index contributed by atoms with van der Waals surface area (Å²) in [5.74, 6) is 0.00473. The smallest absolute Gasteiger partial charge is 0.234 e. The molecule has 0 aliphatic heterocycles. The lowest BCUT2D eigenvalue weighted by atomic mass is 9.86. The quantitative estimate of drug-likeness (QED) is 0.296. The maximum Gasteiger partial charge on any atom is 0.234 e. The molecule has 0 fully saturated rings. The monoisotopic (exact) mass is 477 g/mol. The molecule has 4 aromatic rings. The molecule has 0 spiro atoms. The second-order valence-electron chi connectivity index (χ2n) is 9.24. The summed E-state index contributed by atoms with van der Waals surface area (Å²) < 4.78 is 0. The molecule has 0 unspecified atom stereocenters. The molecule has 0 aliphatic carbocycles. The van der Waals surface area contributed by atoms with Gasteiger partial charge in [-0.3, -0.25) is 4.79 Å². The fourth-order valence-corrected chi connectivity index (χ4v) is 4.52. The van der Waals surface area contributed by atoms with E-state index in [9.17, 15) is 10.1 Å². The van der Waals surface area contributed by atoms with Crippen LogP contribution in [0.15, 0.2) is 96.0 Å². The van der Waals surface area contributed by atoms with Crippen LogP contribution in [0.3, 0.4) is 0 Å². The summed E-state index contributed by atoms with van der Waals surface area (Å²) in [4.78, 5) is 17.4. The number of pyridine rings is 1. The number of amides is 1. The third kappa shape index (κ3) is 5.98. The Bertz CT molecular complexity index is 1350. The Labute approximate surface area is 211 Å². The molecule has 1 aromatic heterocycles. The SMILES string of the molecule is CC(C)(C)c1ccc(-c2cc(-c3ccccc3)nc(SCC(=O)Nc3ccccc3)c2C#N)cc1. The highest BCUT2D eigenvalue weighted by atomic mass is 32.2. The summed E-state index contributed by atoms with van der Waals surface area (Å²) in [6.07, 6.45) is 0. The Hall–Kier alpha value is -3.88. The number of rotatable bonds is 6. The van der Waals surface area contributed by atoms with E-state index in [4.69, 9.17) is 4.98 Å². The van der Waals surface area contributed by atoms with Gasteiger partial charge in [0.05, 0.1) is 17.0 Å². The van der Waals surface area contributed by atoms with Crippen LogP contribution in [0.25, 0.3) is 22.4 Å². The van der Waals surface area contributed by atoms with Crippen molar-refractivity contribution in [2.24, 2.45) is 0 Å². The predicted octanol–water partition coefficient (Wildman–Crippen LogP) is 7.32. The number of carbonyl (C=O) groups excluding carboxylic acids is 1. The first-order valence-corrected chi connectivity index (χ1v) is 12.4. The molecule has 0 aliphatic rings. The standard InChI is InChI=1S/C30H27N3OS/c1-30(2,3)23-16-14-21(15-17-23)25-18-27(22-10-6-4-7-11-22)33-29(26(25)19-31)35-20-28(34)32-24-12-8-5-9-13-24/h4-18H,20H2,1-3H3,(H,32,34). The van der Waals surface area contributed by atoms with Crippen molar-refractivity contribution in [1.82, 2.24) is 4.98 Å². The van der Waals surface area contributed by atoms with Gasteiger partial charge in [0.25, 0.3) is 0 Å². The van der Waals surface area contributed by atoms with Crippen LogP contribution < -0.4 is 5.32 Å². The number of para-hydroxylation sites is 1. The zero-order chi connectivity index (χ0) is 24.8. The van der Waals surface area contributed by atoms with Crippen LogP contribution in [0.5, 0.6) is 0 Å². The number of hydrogen-bond acceptors (Lipinski definition) is 4. The van der Waals surface area contributed by atoms with E-state index in [2.05, 4.69) is 56.4 Å². The summed E-state index contributed by atoms with van der Waals surface area (Å²) in [6.45, 7) is 6.54. The second-order valence-corrected chi connectivity index (χ2v) is 10.2. The Morgan fingerprint density at radius 2 is 1.54 bits per heavy atom. The third-order valence-electron chi connectivity index (χ3n) is 5.63. The summed E-state index contributed by atoms with van der Waals surface area (Å²) in [7, 11) is 0. The maximum atomic E-state index is 12.6. The van der Waals surface area contributed by atoms with Crippen molar-refractivity contribution in [3.05, 3.63) is 102 Å². The molecule has 35 heavy (non-hydrogen) atoms. The van der Waals surface area contributed by atoms with E-state index >= 15 is 0 Å². The average molecular weight is 478 g/mol. The molecule has 0 saturated heterocycles. The molecule has 3 aromatic carbocycles. The molecule has 0 atom stereocenters. The van der Waals surface area contributed by atoms with Gasteiger partial charge in [-0.2, -0.15) is 5.26 Å². The molecular formula is C30H27N3OS. The van der Waals surface area contributed by atoms with Gasteiger partial charge in [-0.25, -0.2) is 4.98 Å². The normalized spacial score (nSPS) is 11.0. The van der Waals surface area contributed by atoms with Gasteiger partial charge >= 0.3 is 0 Å². The van der Waals surface area contributed by atoms with Crippen LogP contribution in [0.2, 0.25) is 0 Å².